The molecule has 5 N–H and O–H groups in total. The van der Waals surface area contributed by atoms with E-state index in [1.54, 1.807) is 11.2 Å². The Kier molecular flexibility index (Phi) is 12.7. The van der Waals surface area contributed by atoms with E-state index in [1.165, 1.54) is 70.6 Å². The van der Waals surface area contributed by atoms with Crippen molar-refractivity contribution in [1.29, 1.82) is 0 Å². The molecule has 2 heterocycles. The summed E-state index contributed by atoms with van der Waals surface area (Å²) in [6.45, 7) is 3.09. The van der Waals surface area contributed by atoms with E-state index in [0.29, 0.717) is 6.61 Å². The summed E-state index contributed by atoms with van der Waals surface area (Å²) in [6.07, 6.45) is 13.9. The van der Waals surface area contributed by atoms with Gasteiger partial charge in [0.1, 0.15) is 18.3 Å². The van der Waals surface area contributed by atoms with E-state index in [9.17, 15) is 15.3 Å². The second kappa shape index (κ2) is 15.0. The molecule has 2 aliphatic heterocycles. The molecule has 8 heteroatoms. The van der Waals surface area contributed by atoms with Crippen LogP contribution in [0.4, 0.5) is 0 Å². The highest BCUT2D eigenvalue weighted by Crippen LogP contribution is 2.24. The second-order valence-corrected chi connectivity index (χ2v) is 8.47. The lowest BCUT2D eigenvalue weighted by Gasteiger charge is -2.24. The molecule has 1 saturated heterocycles. The van der Waals surface area contributed by atoms with Crippen molar-refractivity contribution in [1.82, 2.24) is 16.0 Å². The Morgan fingerprint density at radius 1 is 0.933 bits per heavy atom. The van der Waals surface area contributed by atoms with E-state index in [-0.39, 0.29) is 6.61 Å². The van der Waals surface area contributed by atoms with Crippen molar-refractivity contribution in [2.45, 2.75) is 109 Å². The quantitative estimate of drug-likeness (QED) is 0.224. The summed E-state index contributed by atoms with van der Waals surface area (Å²) in [5.41, 5.74) is 6.68. The standard InChI is InChI=1S/C22H43N3O5/c1-2-3-4-5-6-7-8-9-10-11-12-13-14-29-17-18-15-25(24-23-18)22-21(28)20(27)19(16-26)30-22/h15,19-24,26-28H,2-14,16-17H2,1H3/t19-,20-,21+,22-/m1/s1. The number of aliphatic hydroxyl groups excluding tert-OH is 3. The lowest BCUT2D eigenvalue weighted by Crippen LogP contribution is -2.48. The molecule has 0 aromatic carbocycles. The van der Waals surface area contributed by atoms with E-state index in [0.717, 1.165) is 18.7 Å². The molecule has 0 aromatic rings. The average molecular weight is 430 g/mol. The zero-order chi connectivity index (χ0) is 21.6. The van der Waals surface area contributed by atoms with Crippen LogP contribution in [0.2, 0.25) is 0 Å². The lowest BCUT2D eigenvalue weighted by molar-refractivity contribution is -0.0959. The largest absolute Gasteiger partial charge is 0.394 e. The summed E-state index contributed by atoms with van der Waals surface area (Å²) < 4.78 is 11.2. The molecule has 4 atom stereocenters. The highest BCUT2D eigenvalue weighted by molar-refractivity contribution is 5.05. The second-order valence-electron chi connectivity index (χ2n) is 8.47. The van der Waals surface area contributed by atoms with Gasteiger partial charge in [-0.05, 0) is 6.42 Å². The van der Waals surface area contributed by atoms with Crippen molar-refractivity contribution < 1.29 is 24.8 Å². The predicted octanol–water partition coefficient (Wildman–Crippen LogP) is 2.31. The van der Waals surface area contributed by atoms with Crippen LogP contribution in [0.3, 0.4) is 0 Å². The molecule has 0 radical (unpaired) electrons. The summed E-state index contributed by atoms with van der Waals surface area (Å²) in [7, 11) is 0. The number of nitrogens with one attached hydrogen (secondary N) is 2. The predicted molar refractivity (Wildman–Crippen MR) is 116 cm³/mol. The number of rotatable bonds is 17. The Morgan fingerprint density at radius 3 is 2.10 bits per heavy atom. The van der Waals surface area contributed by atoms with Crippen LogP contribution in [-0.4, -0.2) is 64.7 Å². The fourth-order valence-corrected chi connectivity index (χ4v) is 3.92. The molecule has 8 nitrogen and oxygen atoms in total. The highest BCUT2D eigenvalue weighted by atomic mass is 16.6. The highest BCUT2D eigenvalue weighted by Gasteiger charge is 2.45. The minimum atomic E-state index is -1.11. The monoisotopic (exact) mass is 429 g/mol. The normalized spacial score (nSPS) is 26.3. The molecule has 0 bridgehead atoms. The van der Waals surface area contributed by atoms with Gasteiger partial charge in [0.25, 0.3) is 0 Å². The van der Waals surface area contributed by atoms with Crippen molar-refractivity contribution in [3.63, 3.8) is 0 Å². The van der Waals surface area contributed by atoms with Crippen LogP contribution in [0.5, 0.6) is 0 Å². The number of unbranched alkanes of at least 4 members (excludes halogenated alkanes) is 11. The number of hydrazine groups is 2. The van der Waals surface area contributed by atoms with E-state index >= 15 is 0 Å². The Labute approximate surface area is 181 Å². The van der Waals surface area contributed by atoms with Gasteiger partial charge in [-0.1, -0.05) is 77.6 Å². The first kappa shape index (κ1) is 25.4. The molecule has 0 spiro atoms. The third kappa shape index (κ3) is 8.69. The molecular weight excluding hydrogens is 386 g/mol. The molecule has 0 unspecified atom stereocenters. The third-order valence-electron chi connectivity index (χ3n) is 5.83. The minimum absolute atomic E-state index is 0.339. The van der Waals surface area contributed by atoms with Crippen molar-refractivity contribution >= 4 is 0 Å². The number of nitrogens with zero attached hydrogens (tertiary/aromatic N) is 1. The fourth-order valence-electron chi connectivity index (χ4n) is 3.92. The number of aliphatic hydroxyl groups is 3. The maximum atomic E-state index is 10.1. The van der Waals surface area contributed by atoms with E-state index in [1.807, 2.05) is 0 Å². The molecule has 0 aliphatic carbocycles. The van der Waals surface area contributed by atoms with Crippen molar-refractivity contribution in [2.75, 3.05) is 19.8 Å². The number of ether oxygens (including phenoxy) is 2. The van der Waals surface area contributed by atoms with Gasteiger partial charge >= 0.3 is 0 Å². The smallest absolute Gasteiger partial charge is 0.174 e. The molecule has 1 fully saturated rings. The molecule has 30 heavy (non-hydrogen) atoms. The first-order valence-electron chi connectivity index (χ1n) is 11.9. The fraction of sp³-hybridized carbons (Fsp3) is 0.909. The summed E-state index contributed by atoms with van der Waals surface area (Å²) >= 11 is 0. The first-order chi connectivity index (χ1) is 14.7. The molecule has 2 aliphatic rings. The van der Waals surface area contributed by atoms with Crippen LogP contribution in [0, 0.1) is 0 Å². The summed E-state index contributed by atoms with van der Waals surface area (Å²) in [4.78, 5) is 0. The van der Waals surface area contributed by atoms with Gasteiger partial charge < -0.3 is 30.2 Å². The van der Waals surface area contributed by atoms with Crippen LogP contribution in [0.15, 0.2) is 11.9 Å². The molecule has 0 saturated carbocycles. The Hall–Kier alpha value is -0.900. The van der Waals surface area contributed by atoms with Gasteiger partial charge in [0.15, 0.2) is 6.23 Å². The first-order valence-corrected chi connectivity index (χ1v) is 11.9. The Bertz CT molecular complexity index is 480. The summed E-state index contributed by atoms with van der Waals surface area (Å²) in [5.74, 6) is 0. The Balaban J connectivity index is 1.43. The third-order valence-corrected chi connectivity index (χ3v) is 5.83. The average Bonchev–Trinajstić information content (AvgIpc) is 3.33. The molecule has 0 amide bonds. The minimum Gasteiger partial charge on any atom is -0.394 e. The Morgan fingerprint density at radius 2 is 1.53 bits per heavy atom. The van der Waals surface area contributed by atoms with Gasteiger partial charge in [-0.15, -0.1) is 5.53 Å². The number of hydrogen-bond acceptors (Lipinski definition) is 8. The zero-order valence-electron chi connectivity index (χ0n) is 18.6. The van der Waals surface area contributed by atoms with Crippen molar-refractivity contribution in [3.05, 3.63) is 11.9 Å². The van der Waals surface area contributed by atoms with Crippen LogP contribution in [-0.2, 0) is 9.47 Å². The van der Waals surface area contributed by atoms with Crippen LogP contribution in [0.1, 0.15) is 84.0 Å². The van der Waals surface area contributed by atoms with Gasteiger partial charge in [-0.25, -0.2) is 0 Å². The molecule has 0 aromatic heterocycles. The molecule has 176 valence electrons. The van der Waals surface area contributed by atoms with Gasteiger partial charge in [0.05, 0.1) is 18.9 Å². The van der Waals surface area contributed by atoms with Gasteiger partial charge in [0, 0.05) is 12.8 Å². The van der Waals surface area contributed by atoms with Crippen LogP contribution in [0.25, 0.3) is 0 Å². The topological polar surface area (TPSA) is 106 Å². The van der Waals surface area contributed by atoms with Gasteiger partial charge in [-0.3, -0.25) is 5.01 Å². The maximum absolute atomic E-state index is 10.1. The SMILES string of the molecule is CCCCCCCCCCCCCCOCC1=CN([C@@H]2O[C@H](CO)[C@@H](O)[C@@H]2O)NN1. The van der Waals surface area contributed by atoms with Crippen LogP contribution >= 0.6 is 0 Å². The summed E-state index contributed by atoms with van der Waals surface area (Å²) in [6, 6.07) is 0. The van der Waals surface area contributed by atoms with Gasteiger partial charge in [0.2, 0.25) is 0 Å². The van der Waals surface area contributed by atoms with Crippen LogP contribution < -0.4 is 11.0 Å². The van der Waals surface area contributed by atoms with E-state index in [2.05, 4.69) is 17.9 Å². The molecule has 2 rings (SSSR count). The van der Waals surface area contributed by atoms with Gasteiger partial charge in [-0.2, -0.15) is 0 Å². The molecular formula is C22H43N3O5. The lowest BCUT2D eigenvalue weighted by atomic mass is 10.1. The van der Waals surface area contributed by atoms with E-state index < -0.39 is 24.5 Å². The van der Waals surface area contributed by atoms with E-state index in [4.69, 9.17) is 9.47 Å². The summed E-state index contributed by atoms with van der Waals surface area (Å²) in [5, 5.41) is 30.6. The maximum Gasteiger partial charge on any atom is 0.174 e. The van der Waals surface area contributed by atoms with Crippen molar-refractivity contribution in [2.24, 2.45) is 0 Å². The zero-order valence-corrected chi connectivity index (χ0v) is 18.6. The number of hydrogen-bond donors (Lipinski definition) is 5. The van der Waals surface area contributed by atoms with Crippen molar-refractivity contribution in [3.8, 4) is 0 Å².